The Bertz CT molecular complexity index is 203. The highest BCUT2D eigenvalue weighted by atomic mass is 16.1. The van der Waals surface area contributed by atoms with Gasteiger partial charge in [-0.05, 0) is 12.8 Å². The number of carbonyl (C=O) groups excluding carboxylic acids is 2. The largest absolute Gasteiger partial charge is 0.356 e. The average molecular weight is 229 g/mol. The lowest BCUT2D eigenvalue weighted by Gasteiger charge is -2.07. The maximum absolute atomic E-state index is 11.3. The molecule has 0 aliphatic heterocycles. The van der Waals surface area contributed by atoms with Crippen LogP contribution >= 0.6 is 0 Å². The van der Waals surface area contributed by atoms with Crippen molar-refractivity contribution in [3.8, 4) is 0 Å². The quantitative estimate of drug-likeness (QED) is 0.650. The molecular formula is C13H27NO2. The lowest BCUT2D eigenvalue weighted by atomic mass is 10.0. The molecule has 0 unspecified atom stereocenters. The van der Waals surface area contributed by atoms with Crippen LogP contribution in [0.25, 0.3) is 0 Å². The normalized spacial score (nSPS) is 10.9. The molecular weight excluding hydrogens is 202 g/mol. The summed E-state index contributed by atoms with van der Waals surface area (Å²) in [6.07, 6.45) is 3.59. The summed E-state index contributed by atoms with van der Waals surface area (Å²) in [7, 11) is 0. The van der Waals surface area contributed by atoms with Gasteiger partial charge in [-0.3, -0.25) is 9.59 Å². The summed E-state index contributed by atoms with van der Waals surface area (Å²) >= 11 is 0. The molecule has 0 aliphatic carbocycles. The highest BCUT2D eigenvalue weighted by Gasteiger charge is 2.07. The predicted molar refractivity (Wildman–Crippen MR) is 68.3 cm³/mol. The van der Waals surface area contributed by atoms with Gasteiger partial charge in [0, 0.05) is 26.2 Å². The molecule has 0 radical (unpaired) electrons. The van der Waals surface area contributed by atoms with Crippen LogP contribution < -0.4 is 5.32 Å². The van der Waals surface area contributed by atoms with E-state index in [1.54, 1.807) is 0 Å². The van der Waals surface area contributed by atoms with E-state index in [1.165, 1.54) is 0 Å². The summed E-state index contributed by atoms with van der Waals surface area (Å²) < 4.78 is 0. The minimum atomic E-state index is 0. The first-order valence-corrected chi connectivity index (χ1v) is 6.25. The van der Waals surface area contributed by atoms with Gasteiger partial charge in [0.25, 0.3) is 0 Å². The first-order chi connectivity index (χ1) is 7.45. The summed E-state index contributed by atoms with van der Waals surface area (Å²) in [5.74, 6) is 0.660. The molecule has 1 amide bonds. The van der Waals surface area contributed by atoms with E-state index >= 15 is 0 Å². The highest BCUT2D eigenvalue weighted by molar-refractivity contribution is 5.80. The van der Waals surface area contributed by atoms with Gasteiger partial charge >= 0.3 is 0 Å². The van der Waals surface area contributed by atoms with Crippen molar-refractivity contribution in [3.05, 3.63) is 0 Å². The predicted octanol–water partition coefficient (Wildman–Crippen LogP) is 2.79. The monoisotopic (exact) mass is 229 g/mol. The molecule has 96 valence electrons. The van der Waals surface area contributed by atoms with Gasteiger partial charge in [0.05, 0.1) is 0 Å². The van der Waals surface area contributed by atoms with Crippen LogP contribution in [0.5, 0.6) is 0 Å². The summed E-state index contributed by atoms with van der Waals surface area (Å²) in [4.78, 5) is 22.5. The second-order valence-corrected chi connectivity index (χ2v) is 4.88. The molecule has 0 fully saturated rings. The maximum atomic E-state index is 11.3. The Hall–Kier alpha value is -0.860. The Morgan fingerprint density at radius 1 is 1.00 bits per heavy atom. The van der Waals surface area contributed by atoms with Crippen molar-refractivity contribution in [2.24, 2.45) is 11.8 Å². The number of ketones is 1. The van der Waals surface area contributed by atoms with Crippen LogP contribution in [0, 0.1) is 11.8 Å². The van der Waals surface area contributed by atoms with Gasteiger partial charge in [-0.15, -0.1) is 0 Å². The number of Topliss-reactive ketones (excluding diaryl/α,β-unsaturated/α-hetero) is 1. The van der Waals surface area contributed by atoms with E-state index < -0.39 is 0 Å². The van der Waals surface area contributed by atoms with Gasteiger partial charge in [-0.25, -0.2) is 0 Å². The Kier molecular flexibility index (Phi) is 7.86. The maximum Gasteiger partial charge on any atom is 0.222 e. The number of amides is 1. The Balaban J connectivity index is 0. The first-order valence-electron chi connectivity index (χ1n) is 6.25. The third-order valence-electron chi connectivity index (χ3n) is 2.57. The molecule has 3 nitrogen and oxygen atoms in total. The van der Waals surface area contributed by atoms with Gasteiger partial charge < -0.3 is 5.32 Å². The Morgan fingerprint density at radius 3 is 2.12 bits per heavy atom. The number of carbonyl (C=O) groups is 2. The van der Waals surface area contributed by atoms with Crippen LogP contribution in [0.3, 0.4) is 0 Å². The molecule has 3 heteroatoms. The SMILES string of the molecule is CC(C)C(=O)CCCCCNC(=O)C(C)C.[HH]. The molecule has 0 bridgehead atoms. The van der Waals surface area contributed by atoms with Crippen LogP contribution in [0.2, 0.25) is 0 Å². The zero-order valence-electron chi connectivity index (χ0n) is 11.0. The van der Waals surface area contributed by atoms with Gasteiger partial charge in [0.15, 0.2) is 0 Å². The van der Waals surface area contributed by atoms with Crippen molar-refractivity contribution in [1.29, 1.82) is 0 Å². The van der Waals surface area contributed by atoms with Gasteiger partial charge in [-0.1, -0.05) is 34.1 Å². The van der Waals surface area contributed by atoms with E-state index in [9.17, 15) is 9.59 Å². The molecule has 16 heavy (non-hydrogen) atoms. The molecule has 0 aromatic carbocycles. The fourth-order valence-corrected chi connectivity index (χ4v) is 1.31. The first kappa shape index (κ1) is 15.1. The molecule has 0 aromatic rings. The van der Waals surface area contributed by atoms with Crippen molar-refractivity contribution in [2.45, 2.75) is 53.4 Å². The molecule has 0 aliphatic rings. The zero-order valence-corrected chi connectivity index (χ0v) is 11.0. The second-order valence-electron chi connectivity index (χ2n) is 4.88. The summed E-state index contributed by atoms with van der Waals surface area (Å²) in [6, 6.07) is 0. The third-order valence-corrected chi connectivity index (χ3v) is 2.57. The third kappa shape index (κ3) is 7.43. The van der Waals surface area contributed by atoms with Crippen LogP contribution in [-0.2, 0) is 9.59 Å². The van der Waals surface area contributed by atoms with E-state index in [2.05, 4.69) is 5.32 Å². The number of nitrogens with one attached hydrogen (secondary N) is 1. The average Bonchev–Trinajstić information content (AvgIpc) is 2.21. The van der Waals surface area contributed by atoms with E-state index in [1.807, 2.05) is 27.7 Å². The van der Waals surface area contributed by atoms with Crippen molar-refractivity contribution >= 4 is 11.7 Å². The van der Waals surface area contributed by atoms with Crippen molar-refractivity contribution in [3.63, 3.8) is 0 Å². The minimum absolute atomic E-state index is 0. The van der Waals surface area contributed by atoms with Crippen LogP contribution in [0.1, 0.15) is 54.8 Å². The summed E-state index contributed by atoms with van der Waals surface area (Å²) in [5, 5.41) is 2.87. The molecule has 0 heterocycles. The summed E-state index contributed by atoms with van der Waals surface area (Å²) in [6.45, 7) is 8.37. The van der Waals surface area contributed by atoms with E-state index in [0.717, 1.165) is 25.8 Å². The van der Waals surface area contributed by atoms with Crippen molar-refractivity contribution in [1.82, 2.24) is 5.32 Å². The van der Waals surface area contributed by atoms with Crippen LogP contribution in [-0.4, -0.2) is 18.2 Å². The molecule has 0 spiro atoms. The second kappa shape index (κ2) is 8.31. The van der Waals surface area contributed by atoms with Crippen LogP contribution in [0.4, 0.5) is 0 Å². The Labute approximate surface area is 100 Å². The van der Waals surface area contributed by atoms with Crippen LogP contribution in [0.15, 0.2) is 0 Å². The van der Waals surface area contributed by atoms with E-state index in [0.29, 0.717) is 12.2 Å². The minimum Gasteiger partial charge on any atom is -0.356 e. The van der Waals surface area contributed by atoms with E-state index in [4.69, 9.17) is 0 Å². The molecule has 0 atom stereocenters. The zero-order chi connectivity index (χ0) is 12.6. The molecule has 1 N–H and O–H groups in total. The lowest BCUT2D eigenvalue weighted by Crippen LogP contribution is -2.28. The standard InChI is InChI=1S/C13H25NO2.H2/c1-10(2)12(15)8-6-5-7-9-14-13(16)11(3)4;/h10-11H,5-9H2,1-4H3,(H,14,16);1H. The topological polar surface area (TPSA) is 46.2 Å². The van der Waals surface area contributed by atoms with E-state index in [-0.39, 0.29) is 19.2 Å². The fourth-order valence-electron chi connectivity index (χ4n) is 1.31. The number of hydrogen-bond donors (Lipinski definition) is 1. The smallest absolute Gasteiger partial charge is 0.222 e. The highest BCUT2D eigenvalue weighted by Crippen LogP contribution is 2.05. The molecule has 0 rings (SSSR count). The van der Waals surface area contributed by atoms with Gasteiger partial charge in [0.2, 0.25) is 5.91 Å². The Morgan fingerprint density at radius 2 is 1.62 bits per heavy atom. The lowest BCUT2D eigenvalue weighted by molar-refractivity contribution is -0.124. The molecule has 0 aromatic heterocycles. The van der Waals surface area contributed by atoms with Gasteiger partial charge in [0.1, 0.15) is 5.78 Å². The van der Waals surface area contributed by atoms with Crippen molar-refractivity contribution < 1.29 is 11.0 Å². The summed E-state index contributed by atoms with van der Waals surface area (Å²) in [5.41, 5.74) is 0. The van der Waals surface area contributed by atoms with Crippen molar-refractivity contribution in [2.75, 3.05) is 6.54 Å². The number of unbranched alkanes of at least 4 members (excludes halogenated alkanes) is 2. The fraction of sp³-hybridized carbons (Fsp3) is 0.846. The number of rotatable bonds is 8. The van der Waals surface area contributed by atoms with Gasteiger partial charge in [-0.2, -0.15) is 0 Å². The molecule has 0 saturated carbocycles. The number of hydrogen-bond acceptors (Lipinski definition) is 2. The molecule has 0 saturated heterocycles.